The second kappa shape index (κ2) is 6.78. The van der Waals surface area contributed by atoms with Gasteiger partial charge in [0.1, 0.15) is 6.04 Å². The molecule has 2 atom stereocenters. The summed E-state index contributed by atoms with van der Waals surface area (Å²) in [5.74, 6) is -1.25. The number of carbonyl (C=O) groups excluding carboxylic acids is 2. The van der Waals surface area contributed by atoms with Gasteiger partial charge in [0, 0.05) is 13.1 Å². The van der Waals surface area contributed by atoms with Crippen molar-refractivity contribution in [3.63, 3.8) is 0 Å². The maximum atomic E-state index is 12.6. The largest absolute Gasteiger partial charge is 0.481 e. The Morgan fingerprint density at radius 2 is 2.00 bits per heavy atom. The lowest BCUT2D eigenvalue weighted by Gasteiger charge is -2.41. The summed E-state index contributed by atoms with van der Waals surface area (Å²) in [5, 5.41) is 11.9. The smallest absolute Gasteiger partial charge is 0.312 e. The number of nitrogens with zero attached hydrogens (tertiary/aromatic N) is 1. The first-order valence-corrected chi connectivity index (χ1v) is 7.31. The Balaban J connectivity index is 2.90. The highest BCUT2D eigenvalue weighted by Gasteiger charge is 2.43. The van der Waals surface area contributed by atoms with Crippen LogP contribution in [-0.4, -0.2) is 47.0 Å². The molecule has 120 valence electrons. The molecule has 0 bridgehead atoms. The molecular weight excluding hydrogens is 274 g/mol. The summed E-state index contributed by atoms with van der Waals surface area (Å²) in [6.45, 7) is 6.14. The minimum absolute atomic E-state index is 0.118. The van der Waals surface area contributed by atoms with E-state index in [1.165, 1.54) is 0 Å². The third-order valence-electron chi connectivity index (χ3n) is 4.25. The van der Waals surface area contributed by atoms with E-state index in [1.54, 1.807) is 4.90 Å². The molecule has 1 heterocycles. The van der Waals surface area contributed by atoms with Crippen molar-refractivity contribution in [2.75, 3.05) is 13.1 Å². The van der Waals surface area contributed by atoms with Crippen LogP contribution in [0.25, 0.3) is 0 Å². The highest BCUT2D eigenvalue weighted by molar-refractivity contribution is 5.87. The van der Waals surface area contributed by atoms with Gasteiger partial charge in [-0.15, -0.1) is 0 Å². The third-order valence-corrected chi connectivity index (χ3v) is 4.25. The number of aliphatic carboxylic acids is 1. The van der Waals surface area contributed by atoms with Gasteiger partial charge in [-0.05, 0) is 25.2 Å². The van der Waals surface area contributed by atoms with Crippen LogP contribution < -0.4 is 11.1 Å². The Labute approximate surface area is 124 Å². The topological polar surface area (TPSA) is 113 Å². The number of nitrogens with one attached hydrogen (secondary N) is 1. The lowest BCUT2D eigenvalue weighted by molar-refractivity contribution is -0.155. The number of piperidine rings is 1. The van der Waals surface area contributed by atoms with Gasteiger partial charge in [-0.25, -0.2) is 4.79 Å². The summed E-state index contributed by atoms with van der Waals surface area (Å²) in [6, 6.07) is -1.47. The maximum absolute atomic E-state index is 12.6. The number of hydrogen-bond donors (Lipinski definition) is 3. The molecule has 7 nitrogen and oxygen atoms in total. The first-order valence-electron chi connectivity index (χ1n) is 7.31. The summed E-state index contributed by atoms with van der Waals surface area (Å²) in [6.07, 6.45) is 1.69. The Morgan fingerprint density at radius 1 is 1.38 bits per heavy atom. The van der Waals surface area contributed by atoms with E-state index < -0.39 is 23.5 Å². The van der Waals surface area contributed by atoms with Crippen molar-refractivity contribution in [1.82, 2.24) is 10.2 Å². The van der Waals surface area contributed by atoms with E-state index in [0.717, 1.165) is 0 Å². The summed E-state index contributed by atoms with van der Waals surface area (Å²) in [7, 11) is 0. The fourth-order valence-electron chi connectivity index (χ4n) is 2.80. The normalized spacial score (nSPS) is 23.7. The minimum Gasteiger partial charge on any atom is -0.481 e. The van der Waals surface area contributed by atoms with Gasteiger partial charge in [0.15, 0.2) is 0 Å². The minimum atomic E-state index is -0.887. The summed E-state index contributed by atoms with van der Waals surface area (Å²) < 4.78 is 0. The van der Waals surface area contributed by atoms with Crippen LogP contribution in [0.1, 0.15) is 40.0 Å². The molecule has 1 rings (SSSR count). The van der Waals surface area contributed by atoms with Crippen molar-refractivity contribution < 1.29 is 19.5 Å². The molecule has 0 aliphatic carbocycles. The highest BCUT2D eigenvalue weighted by atomic mass is 16.4. The average molecular weight is 299 g/mol. The molecule has 0 spiro atoms. The van der Waals surface area contributed by atoms with Gasteiger partial charge in [0.2, 0.25) is 5.91 Å². The van der Waals surface area contributed by atoms with E-state index in [1.807, 2.05) is 20.8 Å². The number of amides is 3. The molecule has 21 heavy (non-hydrogen) atoms. The molecule has 0 radical (unpaired) electrons. The third kappa shape index (κ3) is 3.86. The van der Waals surface area contributed by atoms with Crippen molar-refractivity contribution in [1.29, 1.82) is 0 Å². The zero-order valence-corrected chi connectivity index (χ0v) is 12.9. The monoisotopic (exact) mass is 299 g/mol. The number of rotatable bonds is 5. The van der Waals surface area contributed by atoms with Crippen molar-refractivity contribution in [2.45, 2.75) is 46.1 Å². The van der Waals surface area contributed by atoms with E-state index in [2.05, 4.69) is 5.32 Å². The molecule has 1 aliphatic rings. The highest BCUT2D eigenvalue weighted by Crippen LogP contribution is 2.34. The van der Waals surface area contributed by atoms with Gasteiger partial charge in [0.25, 0.3) is 0 Å². The van der Waals surface area contributed by atoms with Gasteiger partial charge < -0.3 is 21.1 Å². The second-order valence-corrected chi connectivity index (χ2v) is 6.03. The van der Waals surface area contributed by atoms with Gasteiger partial charge in [-0.3, -0.25) is 9.59 Å². The average Bonchev–Trinajstić information content (AvgIpc) is 2.43. The van der Waals surface area contributed by atoms with E-state index in [0.29, 0.717) is 25.8 Å². The fourth-order valence-corrected chi connectivity index (χ4v) is 2.80. The van der Waals surface area contributed by atoms with Crippen LogP contribution in [0, 0.1) is 11.3 Å². The molecule has 0 saturated carbocycles. The zero-order valence-electron chi connectivity index (χ0n) is 12.9. The van der Waals surface area contributed by atoms with Crippen LogP contribution in [0.3, 0.4) is 0 Å². The number of urea groups is 1. The molecule has 0 aromatic rings. The molecule has 1 fully saturated rings. The molecule has 4 N–H and O–H groups in total. The Bertz CT molecular complexity index is 424. The standard InChI is InChI=1S/C14H25N3O4/c1-4-14(12(19)20)6-5-7-17(8-14)11(18)10(9(2)3)16-13(15)21/h9-10H,4-8H2,1-3H3,(H,19,20)(H3,15,16,21). The van der Waals surface area contributed by atoms with Crippen LogP contribution >= 0.6 is 0 Å². The Morgan fingerprint density at radius 3 is 2.43 bits per heavy atom. The number of nitrogens with two attached hydrogens (primary N) is 1. The van der Waals surface area contributed by atoms with Crippen LogP contribution in [0.2, 0.25) is 0 Å². The lowest BCUT2D eigenvalue weighted by atomic mass is 9.77. The van der Waals surface area contributed by atoms with Crippen molar-refractivity contribution in [3.05, 3.63) is 0 Å². The SMILES string of the molecule is CCC1(C(=O)O)CCCN(C(=O)C(NC(N)=O)C(C)C)C1. The van der Waals surface area contributed by atoms with Gasteiger partial charge in [-0.2, -0.15) is 0 Å². The van der Waals surface area contributed by atoms with Crippen LogP contribution in [-0.2, 0) is 9.59 Å². The first kappa shape index (κ1) is 17.3. The Kier molecular flexibility index (Phi) is 5.57. The molecule has 1 aliphatic heterocycles. The summed E-state index contributed by atoms with van der Waals surface area (Å²) in [4.78, 5) is 36.7. The zero-order chi connectivity index (χ0) is 16.2. The van der Waals surface area contributed by atoms with E-state index in [4.69, 9.17) is 5.73 Å². The number of carbonyl (C=O) groups is 3. The maximum Gasteiger partial charge on any atom is 0.312 e. The number of primary amides is 1. The van der Waals surface area contributed by atoms with Crippen molar-refractivity contribution in [2.24, 2.45) is 17.1 Å². The molecule has 0 aromatic carbocycles. The number of carboxylic acid groups (broad SMARTS) is 1. The number of hydrogen-bond acceptors (Lipinski definition) is 3. The number of likely N-dealkylation sites (tertiary alicyclic amines) is 1. The van der Waals surface area contributed by atoms with E-state index in [9.17, 15) is 19.5 Å². The molecule has 2 unspecified atom stereocenters. The lowest BCUT2D eigenvalue weighted by Crippen LogP contribution is -2.57. The molecule has 1 saturated heterocycles. The quantitative estimate of drug-likeness (QED) is 0.696. The van der Waals surface area contributed by atoms with Gasteiger partial charge >= 0.3 is 12.0 Å². The van der Waals surface area contributed by atoms with Crippen molar-refractivity contribution >= 4 is 17.9 Å². The summed E-state index contributed by atoms with van der Waals surface area (Å²) >= 11 is 0. The van der Waals surface area contributed by atoms with Gasteiger partial charge in [-0.1, -0.05) is 20.8 Å². The fraction of sp³-hybridized carbons (Fsp3) is 0.786. The summed E-state index contributed by atoms with van der Waals surface area (Å²) in [5.41, 5.74) is 4.22. The van der Waals surface area contributed by atoms with Gasteiger partial charge in [0.05, 0.1) is 5.41 Å². The van der Waals surface area contributed by atoms with Crippen LogP contribution in [0.5, 0.6) is 0 Å². The van der Waals surface area contributed by atoms with E-state index >= 15 is 0 Å². The predicted octanol–water partition coefficient (Wildman–Crippen LogP) is 0.783. The van der Waals surface area contributed by atoms with Crippen molar-refractivity contribution in [3.8, 4) is 0 Å². The van der Waals surface area contributed by atoms with Crippen LogP contribution in [0.4, 0.5) is 4.79 Å². The molecular formula is C14H25N3O4. The molecule has 7 heteroatoms. The molecule has 3 amide bonds. The second-order valence-electron chi connectivity index (χ2n) is 6.03. The molecule has 0 aromatic heterocycles. The Hall–Kier alpha value is -1.79. The number of carboxylic acids is 1. The first-order chi connectivity index (χ1) is 9.73. The van der Waals surface area contributed by atoms with E-state index in [-0.39, 0.29) is 18.4 Å². The predicted molar refractivity (Wildman–Crippen MR) is 77.5 cm³/mol. The van der Waals surface area contributed by atoms with Crippen LogP contribution in [0.15, 0.2) is 0 Å².